The SMILES string of the molecule is CC(Cl)C(C)c1cnc(Cl)n1C. The summed E-state index contributed by atoms with van der Waals surface area (Å²) in [5, 5.41) is 0.602. The van der Waals surface area contributed by atoms with Crippen molar-refractivity contribution >= 4 is 23.2 Å². The number of nitrogens with zero attached hydrogens (tertiary/aromatic N) is 2. The molecule has 0 amide bonds. The lowest BCUT2D eigenvalue weighted by Crippen LogP contribution is -2.09. The van der Waals surface area contributed by atoms with E-state index in [9.17, 15) is 0 Å². The molecule has 12 heavy (non-hydrogen) atoms. The molecule has 68 valence electrons. The molecule has 0 radical (unpaired) electrons. The number of rotatable bonds is 2. The summed E-state index contributed by atoms with van der Waals surface area (Å²) in [5.74, 6) is 0.275. The van der Waals surface area contributed by atoms with Crippen molar-refractivity contribution in [2.45, 2.75) is 25.1 Å². The third kappa shape index (κ3) is 1.75. The van der Waals surface area contributed by atoms with Crippen molar-refractivity contribution in [1.29, 1.82) is 0 Å². The molecule has 0 aliphatic rings. The molecule has 4 heteroatoms. The molecule has 0 fully saturated rings. The maximum atomic E-state index is 5.96. The van der Waals surface area contributed by atoms with Crippen molar-refractivity contribution in [2.75, 3.05) is 0 Å². The van der Waals surface area contributed by atoms with E-state index in [0.717, 1.165) is 5.69 Å². The van der Waals surface area contributed by atoms with Gasteiger partial charge in [-0.2, -0.15) is 0 Å². The van der Waals surface area contributed by atoms with E-state index in [1.165, 1.54) is 0 Å². The van der Waals surface area contributed by atoms with Crippen LogP contribution in [0.4, 0.5) is 0 Å². The van der Waals surface area contributed by atoms with Gasteiger partial charge in [-0.3, -0.25) is 0 Å². The van der Waals surface area contributed by atoms with Crippen molar-refractivity contribution < 1.29 is 0 Å². The van der Waals surface area contributed by atoms with Crippen LogP contribution < -0.4 is 0 Å². The van der Waals surface area contributed by atoms with Gasteiger partial charge < -0.3 is 4.57 Å². The molecular weight excluding hydrogens is 195 g/mol. The summed E-state index contributed by atoms with van der Waals surface area (Å²) < 4.78 is 1.85. The standard InChI is InChI=1S/C8H12Cl2N2/c1-5(6(2)9)7-4-11-8(10)12(7)3/h4-6H,1-3H3. The first-order chi connectivity index (χ1) is 5.54. The Morgan fingerprint density at radius 1 is 1.50 bits per heavy atom. The first kappa shape index (κ1) is 9.87. The molecule has 0 aliphatic carbocycles. The zero-order valence-corrected chi connectivity index (χ0v) is 8.89. The smallest absolute Gasteiger partial charge is 0.202 e. The molecule has 0 spiro atoms. The van der Waals surface area contributed by atoms with Crippen LogP contribution in [0.25, 0.3) is 0 Å². The lowest BCUT2D eigenvalue weighted by atomic mass is 10.1. The number of aromatic nitrogens is 2. The highest BCUT2D eigenvalue weighted by Gasteiger charge is 2.16. The first-order valence-corrected chi connectivity index (χ1v) is 4.66. The molecule has 1 aromatic heterocycles. The van der Waals surface area contributed by atoms with E-state index in [4.69, 9.17) is 23.2 Å². The van der Waals surface area contributed by atoms with E-state index in [1.54, 1.807) is 6.20 Å². The summed E-state index contributed by atoms with van der Waals surface area (Å²) in [6.07, 6.45) is 1.77. The molecule has 0 aromatic carbocycles. The predicted octanol–water partition coefficient (Wildman–Crippen LogP) is 2.80. The summed E-state index contributed by atoms with van der Waals surface area (Å²) >= 11 is 11.7. The average Bonchev–Trinajstić information content (AvgIpc) is 2.32. The van der Waals surface area contributed by atoms with Crippen molar-refractivity contribution in [3.8, 4) is 0 Å². The Hall–Kier alpha value is -0.210. The van der Waals surface area contributed by atoms with Gasteiger partial charge in [0, 0.05) is 24.0 Å². The second-order valence-electron chi connectivity index (χ2n) is 2.98. The Morgan fingerprint density at radius 2 is 2.08 bits per heavy atom. The van der Waals surface area contributed by atoms with Gasteiger partial charge >= 0.3 is 0 Å². The van der Waals surface area contributed by atoms with Crippen LogP contribution in [0.3, 0.4) is 0 Å². The maximum Gasteiger partial charge on any atom is 0.202 e. The van der Waals surface area contributed by atoms with Crippen molar-refractivity contribution in [3.05, 3.63) is 17.2 Å². The summed E-state index contributed by atoms with van der Waals surface area (Å²) in [5.41, 5.74) is 1.07. The monoisotopic (exact) mass is 206 g/mol. The highest BCUT2D eigenvalue weighted by Crippen LogP contribution is 2.24. The maximum absolute atomic E-state index is 5.96. The molecule has 2 atom stereocenters. The molecule has 2 unspecified atom stereocenters. The van der Waals surface area contributed by atoms with Gasteiger partial charge in [-0.15, -0.1) is 11.6 Å². The van der Waals surface area contributed by atoms with Crippen molar-refractivity contribution in [3.63, 3.8) is 0 Å². The van der Waals surface area contributed by atoms with Crippen LogP contribution in [0, 0.1) is 0 Å². The molecule has 0 saturated carbocycles. The zero-order chi connectivity index (χ0) is 9.30. The summed E-state index contributed by atoms with van der Waals surface area (Å²) in [4.78, 5) is 3.99. The van der Waals surface area contributed by atoms with E-state index in [-0.39, 0.29) is 11.3 Å². The minimum absolute atomic E-state index is 0.0940. The molecule has 0 N–H and O–H groups in total. The zero-order valence-electron chi connectivity index (χ0n) is 7.38. The summed E-state index contributed by atoms with van der Waals surface area (Å²) in [7, 11) is 1.89. The van der Waals surface area contributed by atoms with Crippen LogP contribution in [0.15, 0.2) is 6.20 Å². The number of halogens is 2. The van der Waals surface area contributed by atoms with E-state index in [1.807, 2.05) is 18.5 Å². The second-order valence-corrected chi connectivity index (χ2v) is 4.00. The highest BCUT2D eigenvalue weighted by atomic mass is 35.5. The quantitative estimate of drug-likeness (QED) is 0.682. The van der Waals surface area contributed by atoms with Gasteiger partial charge in [0.05, 0.1) is 6.20 Å². The Bertz CT molecular complexity index is 268. The van der Waals surface area contributed by atoms with Gasteiger partial charge in [-0.25, -0.2) is 4.98 Å². The van der Waals surface area contributed by atoms with Crippen LogP contribution in [0.1, 0.15) is 25.5 Å². The fourth-order valence-electron chi connectivity index (χ4n) is 1.06. The Kier molecular flexibility index (Phi) is 3.02. The van der Waals surface area contributed by atoms with Gasteiger partial charge in [-0.1, -0.05) is 6.92 Å². The van der Waals surface area contributed by atoms with E-state index >= 15 is 0 Å². The Labute approximate surface area is 82.5 Å². The first-order valence-electron chi connectivity index (χ1n) is 3.85. The molecule has 1 aromatic rings. The minimum Gasteiger partial charge on any atom is -0.322 e. The average molecular weight is 207 g/mol. The van der Waals surface area contributed by atoms with Gasteiger partial charge in [0.25, 0.3) is 0 Å². The van der Waals surface area contributed by atoms with Crippen LogP contribution in [-0.4, -0.2) is 14.9 Å². The van der Waals surface area contributed by atoms with Crippen LogP contribution in [0.5, 0.6) is 0 Å². The van der Waals surface area contributed by atoms with Gasteiger partial charge in [0.2, 0.25) is 5.28 Å². The van der Waals surface area contributed by atoms with E-state index in [0.29, 0.717) is 5.28 Å². The Morgan fingerprint density at radius 3 is 2.42 bits per heavy atom. The highest BCUT2D eigenvalue weighted by molar-refractivity contribution is 6.28. The lowest BCUT2D eigenvalue weighted by molar-refractivity contribution is 0.673. The topological polar surface area (TPSA) is 17.8 Å². The molecule has 1 heterocycles. The van der Waals surface area contributed by atoms with Crippen LogP contribution in [-0.2, 0) is 7.05 Å². The fourth-order valence-corrected chi connectivity index (χ4v) is 1.33. The largest absolute Gasteiger partial charge is 0.322 e. The number of alkyl halides is 1. The number of hydrogen-bond donors (Lipinski definition) is 0. The van der Waals surface area contributed by atoms with Gasteiger partial charge in [-0.05, 0) is 18.5 Å². The Balaban J connectivity index is 2.95. The predicted molar refractivity (Wildman–Crippen MR) is 51.9 cm³/mol. The summed E-state index contributed by atoms with van der Waals surface area (Å²) in [6.45, 7) is 4.03. The minimum atomic E-state index is 0.0940. The normalized spacial score (nSPS) is 16.1. The molecule has 0 saturated heterocycles. The molecule has 0 bridgehead atoms. The number of hydrogen-bond acceptors (Lipinski definition) is 1. The van der Waals surface area contributed by atoms with Crippen LogP contribution in [0.2, 0.25) is 5.28 Å². The van der Waals surface area contributed by atoms with E-state index in [2.05, 4.69) is 11.9 Å². The number of imidazole rings is 1. The lowest BCUT2D eigenvalue weighted by Gasteiger charge is -2.13. The molecule has 1 rings (SSSR count). The second kappa shape index (κ2) is 3.67. The van der Waals surface area contributed by atoms with E-state index < -0.39 is 0 Å². The fraction of sp³-hybridized carbons (Fsp3) is 0.625. The van der Waals surface area contributed by atoms with Crippen LogP contribution >= 0.6 is 23.2 Å². The molecule has 2 nitrogen and oxygen atoms in total. The molecular formula is C8H12Cl2N2. The summed E-state index contributed by atoms with van der Waals surface area (Å²) in [6, 6.07) is 0. The molecule has 0 aliphatic heterocycles. The van der Waals surface area contributed by atoms with Gasteiger partial charge in [0.1, 0.15) is 0 Å². The third-order valence-electron chi connectivity index (χ3n) is 2.12. The van der Waals surface area contributed by atoms with Crippen molar-refractivity contribution in [1.82, 2.24) is 9.55 Å². The van der Waals surface area contributed by atoms with Gasteiger partial charge in [0.15, 0.2) is 0 Å². The third-order valence-corrected chi connectivity index (χ3v) is 2.85. The van der Waals surface area contributed by atoms with Crippen molar-refractivity contribution in [2.24, 2.45) is 7.05 Å².